The van der Waals surface area contributed by atoms with Crippen LogP contribution in [0.1, 0.15) is 23.2 Å². The van der Waals surface area contributed by atoms with Crippen LogP contribution in [0.3, 0.4) is 0 Å². The molecule has 10 heteroatoms. The molecule has 0 spiro atoms. The lowest BCUT2D eigenvalue weighted by Gasteiger charge is -2.16. The van der Waals surface area contributed by atoms with Crippen molar-refractivity contribution in [2.75, 3.05) is 35.7 Å². The van der Waals surface area contributed by atoms with Crippen LogP contribution in [0.25, 0.3) is 0 Å². The van der Waals surface area contributed by atoms with E-state index in [1.807, 2.05) is 0 Å². The molecular formula is C20H20N4O6. The van der Waals surface area contributed by atoms with Crippen molar-refractivity contribution >= 4 is 40.5 Å². The molecule has 1 fully saturated rings. The second-order valence-electron chi connectivity index (χ2n) is 6.56. The number of nitrogens with one attached hydrogen (secondary N) is 2. The summed E-state index contributed by atoms with van der Waals surface area (Å²) in [5.74, 6) is -1.34. The second-order valence-corrected chi connectivity index (χ2v) is 6.56. The van der Waals surface area contributed by atoms with E-state index in [2.05, 4.69) is 10.6 Å². The molecule has 0 bridgehead atoms. The van der Waals surface area contributed by atoms with Gasteiger partial charge in [-0.15, -0.1) is 0 Å². The quantitative estimate of drug-likeness (QED) is 0.406. The average Bonchev–Trinajstić information content (AvgIpc) is 3.17. The molecule has 2 amide bonds. The zero-order valence-electron chi connectivity index (χ0n) is 16.2. The Labute approximate surface area is 172 Å². The van der Waals surface area contributed by atoms with Gasteiger partial charge in [0.05, 0.1) is 10.5 Å². The number of carbonyl (C=O) groups is 3. The minimum absolute atomic E-state index is 0.0341. The lowest BCUT2D eigenvalue weighted by atomic mass is 10.1. The van der Waals surface area contributed by atoms with Gasteiger partial charge < -0.3 is 20.3 Å². The zero-order valence-corrected chi connectivity index (χ0v) is 16.2. The van der Waals surface area contributed by atoms with E-state index < -0.39 is 23.4 Å². The minimum atomic E-state index is -0.848. The van der Waals surface area contributed by atoms with Crippen molar-refractivity contribution in [2.24, 2.45) is 0 Å². The Morgan fingerprint density at radius 1 is 1.20 bits per heavy atom. The first kappa shape index (κ1) is 20.8. The third kappa shape index (κ3) is 4.72. The molecule has 30 heavy (non-hydrogen) atoms. The number of hydrogen-bond donors (Lipinski definition) is 2. The number of nitro benzene ring substituents is 1. The maximum atomic E-state index is 12.1. The van der Waals surface area contributed by atoms with Crippen LogP contribution < -0.4 is 15.5 Å². The standard InChI is InChI=1S/C20H20N4O6/c1-21-16-9-4-13(11-17(16)24(28)29)20(27)30-12-18(25)22-14-5-7-15(8-6-14)23-10-2-3-19(23)26/h4-9,11,21H,2-3,10,12H2,1H3,(H,22,25). The molecule has 0 aliphatic carbocycles. The van der Waals surface area contributed by atoms with Gasteiger partial charge in [-0.05, 0) is 42.8 Å². The summed E-state index contributed by atoms with van der Waals surface area (Å²) in [6.07, 6.45) is 1.36. The topological polar surface area (TPSA) is 131 Å². The van der Waals surface area contributed by atoms with Crippen molar-refractivity contribution in [1.29, 1.82) is 0 Å². The molecule has 0 aromatic heterocycles. The van der Waals surface area contributed by atoms with E-state index in [-0.39, 0.29) is 22.8 Å². The monoisotopic (exact) mass is 412 g/mol. The first-order valence-electron chi connectivity index (χ1n) is 9.22. The van der Waals surface area contributed by atoms with Crippen LogP contribution >= 0.6 is 0 Å². The maximum absolute atomic E-state index is 12.1. The van der Waals surface area contributed by atoms with Crippen LogP contribution in [-0.2, 0) is 14.3 Å². The molecular weight excluding hydrogens is 392 g/mol. The van der Waals surface area contributed by atoms with E-state index >= 15 is 0 Å². The molecule has 2 aromatic rings. The molecule has 1 aliphatic heterocycles. The molecule has 156 valence electrons. The van der Waals surface area contributed by atoms with Crippen LogP contribution in [0.15, 0.2) is 42.5 Å². The molecule has 0 saturated carbocycles. The summed E-state index contributed by atoms with van der Waals surface area (Å²) in [4.78, 5) is 48.1. The van der Waals surface area contributed by atoms with E-state index in [9.17, 15) is 24.5 Å². The van der Waals surface area contributed by atoms with Gasteiger partial charge >= 0.3 is 5.97 Å². The van der Waals surface area contributed by atoms with Crippen LogP contribution in [0.5, 0.6) is 0 Å². The van der Waals surface area contributed by atoms with Gasteiger partial charge in [-0.1, -0.05) is 0 Å². The highest BCUT2D eigenvalue weighted by atomic mass is 16.6. The molecule has 10 nitrogen and oxygen atoms in total. The Kier molecular flexibility index (Phi) is 6.26. The van der Waals surface area contributed by atoms with E-state index in [0.717, 1.165) is 18.2 Å². The van der Waals surface area contributed by atoms with Crippen molar-refractivity contribution in [3.8, 4) is 0 Å². The molecule has 0 radical (unpaired) electrons. The van der Waals surface area contributed by atoms with Crippen LogP contribution in [0.4, 0.5) is 22.7 Å². The molecule has 2 aromatic carbocycles. The first-order valence-corrected chi connectivity index (χ1v) is 9.22. The molecule has 1 aliphatic rings. The maximum Gasteiger partial charge on any atom is 0.338 e. The predicted octanol–water partition coefficient (Wildman–Crippen LogP) is 2.56. The van der Waals surface area contributed by atoms with Gasteiger partial charge in [-0.2, -0.15) is 0 Å². The molecule has 1 heterocycles. The van der Waals surface area contributed by atoms with Gasteiger partial charge in [0, 0.05) is 37.5 Å². The Bertz CT molecular complexity index is 989. The number of anilines is 3. The number of esters is 1. The van der Waals surface area contributed by atoms with Gasteiger partial charge in [0.1, 0.15) is 5.69 Å². The van der Waals surface area contributed by atoms with Crippen LogP contribution in [0.2, 0.25) is 0 Å². The van der Waals surface area contributed by atoms with Crippen molar-refractivity contribution in [3.05, 3.63) is 58.1 Å². The fourth-order valence-corrected chi connectivity index (χ4v) is 3.08. The number of nitro groups is 1. The summed E-state index contributed by atoms with van der Waals surface area (Å²) in [5, 5.41) is 16.3. The zero-order chi connectivity index (χ0) is 21.7. The fraction of sp³-hybridized carbons (Fsp3) is 0.250. The summed E-state index contributed by atoms with van der Waals surface area (Å²) in [5.41, 5.74) is 1.20. The highest BCUT2D eigenvalue weighted by Gasteiger charge is 2.21. The number of carbonyl (C=O) groups excluding carboxylic acids is 3. The minimum Gasteiger partial charge on any atom is -0.452 e. The largest absolute Gasteiger partial charge is 0.452 e. The van der Waals surface area contributed by atoms with Crippen LogP contribution in [0, 0.1) is 10.1 Å². The number of benzene rings is 2. The average molecular weight is 412 g/mol. The van der Waals surface area contributed by atoms with Crippen molar-refractivity contribution in [2.45, 2.75) is 12.8 Å². The highest BCUT2D eigenvalue weighted by Crippen LogP contribution is 2.25. The summed E-state index contributed by atoms with van der Waals surface area (Å²) in [6, 6.07) is 10.6. The number of amides is 2. The van der Waals surface area contributed by atoms with Gasteiger partial charge in [0.15, 0.2) is 6.61 Å². The van der Waals surface area contributed by atoms with E-state index in [0.29, 0.717) is 18.7 Å². The highest BCUT2D eigenvalue weighted by molar-refractivity contribution is 5.97. The second kappa shape index (κ2) is 9.03. The van der Waals surface area contributed by atoms with E-state index in [1.165, 1.54) is 19.2 Å². The van der Waals surface area contributed by atoms with Gasteiger partial charge in [0.25, 0.3) is 11.6 Å². The van der Waals surface area contributed by atoms with E-state index in [4.69, 9.17) is 4.74 Å². The third-order valence-electron chi connectivity index (χ3n) is 4.57. The molecule has 0 unspecified atom stereocenters. The van der Waals surface area contributed by atoms with Crippen molar-refractivity contribution in [3.63, 3.8) is 0 Å². The molecule has 0 atom stereocenters. The number of nitrogens with zero attached hydrogens (tertiary/aromatic N) is 2. The normalized spacial score (nSPS) is 13.1. The summed E-state index contributed by atoms with van der Waals surface area (Å²) < 4.78 is 4.94. The summed E-state index contributed by atoms with van der Waals surface area (Å²) >= 11 is 0. The Morgan fingerprint density at radius 3 is 2.53 bits per heavy atom. The van der Waals surface area contributed by atoms with Gasteiger partial charge in [-0.3, -0.25) is 19.7 Å². The number of ether oxygens (including phenoxy) is 1. The lowest BCUT2D eigenvalue weighted by molar-refractivity contribution is -0.384. The number of hydrogen-bond acceptors (Lipinski definition) is 7. The van der Waals surface area contributed by atoms with E-state index in [1.54, 1.807) is 29.2 Å². The fourth-order valence-electron chi connectivity index (χ4n) is 3.08. The van der Waals surface area contributed by atoms with Gasteiger partial charge in [-0.25, -0.2) is 4.79 Å². The summed E-state index contributed by atoms with van der Waals surface area (Å²) in [6.45, 7) is 0.126. The predicted molar refractivity (Wildman–Crippen MR) is 110 cm³/mol. The summed E-state index contributed by atoms with van der Waals surface area (Å²) in [7, 11) is 1.53. The third-order valence-corrected chi connectivity index (χ3v) is 4.57. The van der Waals surface area contributed by atoms with Crippen LogP contribution in [-0.4, -0.2) is 42.9 Å². The molecule has 3 rings (SSSR count). The number of rotatable bonds is 7. The Morgan fingerprint density at radius 2 is 1.93 bits per heavy atom. The first-order chi connectivity index (χ1) is 14.4. The van der Waals surface area contributed by atoms with Crippen molar-refractivity contribution < 1.29 is 24.0 Å². The Hall–Kier alpha value is -3.95. The Balaban J connectivity index is 1.55. The molecule has 2 N–H and O–H groups in total. The van der Waals surface area contributed by atoms with Crippen molar-refractivity contribution in [1.82, 2.24) is 0 Å². The van der Waals surface area contributed by atoms with Gasteiger partial charge in [0.2, 0.25) is 5.91 Å². The molecule has 1 saturated heterocycles. The smallest absolute Gasteiger partial charge is 0.338 e. The lowest BCUT2D eigenvalue weighted by Crippen LogP contribution is -2.23. The SMILES string of the molecule is CNc1ccc(C(=O)OCC(=O)Nc2ccc(N3CCCC3=O)cc2)cc1[N+](=O)[O-].